The molecule has 88 valence electrons. The zero-order valence-electron chi connectivity index (χ0n) is 10.2. The molecule has 0 aliphatic carbocycles. The van der Waals surface area contributed by atoms with E-state index >= 15 is 0 Å². The predicted molar refractivity (Wildman–Crippen MR) is 70.0 cm³/mol. The molecular formula is C13H18BrNO. The Morgan fingerprint density at radius 2 is 2.06 bits per heavy atom. The number of nitrogens with zero attached hydrogens (tertiary/aromatic N) is 1. The van der Waals surface area contributed by atoms with Gasteiger partial charge in [0.25, 0.3) is 0 Å². The fourth-order valence-electron chi connectivity index (χ4n) is 2.40. The van der Waals surface area contributed by atoms with Gasteiger partial charge in [-0.2, -0.15) is 0 Å². The number of hydrogen-bond donors (Lipinski definition) is 0. The number of halogens is 1. The van der Waals surface area contributed by atoms with E-state index in [2.05, 4.69) is 53.9 Å². The van der Waals surface area contributed by atoms with Crippen LogP contribution in [0.3, 0.4) is 0 Å². The van der Waals surface area contributed by atoms with Crippen molar-refractivity contribution >= 4 is 15.9 Å². The first-order valence-corrected chi connectivity index (χ1v) is 6.42. The minimum Gasteiger partial charge on any atom is -0.496 e. The van der Waals surface area contributed by atoms with Crippen LogP contribution in [0, 0.1) is 0 Å². The van der Waals surface area contributed by atoms with Gasteiger partial charge >= 0.3 is 0 Å². The molecule has 0 saturated heterocycles. The number of rotatable bonds is 1. The van der Waals surface area contributed by atoms with Crippen molar-refractivity contribution in [2.75, 3.05) is 14.2 Å². The van der Waals surface area contributed by atoms with Crippen LogP contribution in [0.2, 0.25) is 0 Å². The first-order chi connectivity index (χ1) is 7.54. The van der Waals surface area contributed by atoms with Crippen LogP contribution < -0.4 is 4.74 Å². The van der Waals surface area contributed by atoms with E-state index < -0.39 is 0 Å². The number of benzene rings is 1. The third-order valence-corrected chi connectivity index (χ3v) is 4.30. The molecule has 2 atom stereocenters. The molecule has 0 bridgehead atoms. The summed E-state index contributed by atoms with van der Waals surface area (Å²) in [7, 11) is 3.91. The van der Waals surface area contributed by atoms with E-state index in [1.807, 2.05) is 0 Å². The van der Waals surface area contributed by atoms with E-state index in [9.17, 15) is 0 Å². The molecule has 0 saturated carbocycles. The summed E-state index contributed by atoms with van der Waals surface area (Å²) in [5, 5.41) is 0. The lowest BCUT2D eigenvalue weighted by atomic mass is 9.90. The molecule has 1 aliphatic rings. The predicted octanol–water partition coefficient (Wildman–Crippen LogP) is 3.40. The van der Waals surface area contributed by atoms with Crippen molar-refractivity contribution in [3.8, 4) is 5.75 Å². The Bertz CT molecular complexity index is 405. The molecule has 0 fully saturated rings. The van der Waals surface area contributed by atoms with Crippen molar-refractivity contribution < 1.29 is 4.74 Å². The van der Waals surface area contributed by atoms with Gasteiger partial charge in [0.1, 0.15) is 5.75 Å². The van der Waals surface area contributed by atoms with E-state index in [-0.39, 0.29) is 0 Å². The highest BCUT2D eigenvalue weighted by atomic mass is 79.9. The van der Waals surface area contributed by atoms with Gasteiger partial charge in [0.2, 0.25) is 0 Å². The van der Waals surface area contributed by atoms with Gasteiger partial charge in [-0.1, -0.05) is 0 Å². The molecule has 0 amide bonds. The van der Waals surface area contributed by atoms with Crippen LogP contribution >= 0.6 is 15.9 Å². The van der Waals surface area contributed by atoms with Gasteiger partial charge in [-0.05, 0) is 66.5 Å². The van der Waals surface area contributed by atoms with E-state index in [0.717, 1.165) is 16.6 Å². The van der Waals surface area contributed by atoms with Gasteiger partial charge in [0.15, 0.2) is 0 Å². The van der Waals surface area contributed by atoms with E-state index in [1.54, 1.807) is 7.11 Å². The second-order valence-corrected chi connectivity index (χ2v) is 5.43. The SMILES string of the molecule is COc1cc2c(cc1Br)C(C)N(C)C(C)C2. The minimum atomic E-state index is 0.473. The molecule has 0 radical (unpaired) electrons. The molecular weight excluding hydrogens is 266 g/mol. The highest BCUT2D eigenvalue weighted by Gasteiger charge is 2.27. The maximum atomic E-state index is 5.35. The lowest BCUT2D eigenvalue weighted by Crippen LogP contribution is -2.37. The summed E-state index contributed by atoms with van der Waals surface area (Å²) in [6.45, 7) is 4.53. The van der Waals surface area contributed by atoms with Crippen molar-refractivity contribution in [3.63, 3.8) is 0 Å². The fourth-order valence-corrected chi connectivity index (χ4v) is 2.92. The lowest BCUT2D eigenvalue weighted by molar-refractivity contribution is 0.179. The molecule has 1 aliphatic heterocycles. The average Bonchev–Trinajstić information content (AvgIpc) is 2.27. The van der Waals surface area contributed by atoms with Gasteiger partial charge in [-0.25, -0.2) is 0 Å². The summed E-state index contributed by atoms with van der Waals surface area (Å²) < 4.78 is 6.39. The number of ether oxygens (including phenoxy) is 1. The van der Waals surface area contributed by atoms with Gasteiger partial charge in [0, 0.05) is 12.1 Å². The molecule has 16 heavy (non-hydrogen) atoms. The summed E-state index contributed by atoms with van der Waals surface area (Å²) in [6.07, 6.45) is 1.10. The standard InChI is InChI=1S/C13H18BrNO/c1-8-5-10-6-13(16-4)12(14)7-11(10)9(2)15(8)3/h6-9H,5H2,1-4H3. The summed E-state index contributed by atoms with van der Waals surface area (Å²) in [5.41, 5.74) is 2.83. The second-order valence-electron chi connectivity index (χ2n) is 4.58. The molecule has 0 N–H and O–H groups in total. The van der Waals surface area contributed by atoms with E-state index in [0.29, 0.717) is 12.1 Å². The summed E-state index contributed by atoms with van der Waals surface area (Å²) >= 11 is 3.55. The molecule has 0 aromatic heterocycles. The van der Waals surface area contributed by atoms with Crippen LogP contribution in [0.25, 0.3) is 0 Å². The monoisotopic (exact) mass is 283 g/mol. The average molecular weight is 284 g/mol. The van der Waals surface area contributed by atoms with Gasteiger partial charge in [0.05, 0.1) is 11.6 Å². The number of fused-ring (bicyclic) bond motifs is 1. The number of likely N-dealkylation sites (N-methyl/N-ethyl adjacent to an activating group) is 1. The van der Waals surface area contributed by atoms with Crippen LogP contribution in [0.1, 0.15) is 31.0 Å². The van der Waals surface area contributed by atoms with Crippen LogP contribution in [0.15, 0.2) is 16.6 Å². The molecule has 1 aromatic carbocycles. The smallest absolute Gasteiger partial charge is 0.133 e. The summed E-state index contributed by atoms with van der Waals surface area (Å²) in [6, 6.07) is 5.43. The third kappa shape index (κ3) is 1.87. The number of hydrogen-bond acceptors (Lipinski definition) is 2. The molecule has 3 heteroatoms. The van der Waals surface area contributed by atoms with Gasteiger partial charge < -0.3 is 4.74 Å². The van der Waals surface area contributed by atoms with Crippen molar-refractivity contribution in [1.29, 1.82) is 0 Å². The fraction of sp³-hybridized carbons (Fsp3) is 0.538. The topological polar surface area (TPSA) is 12.5 Å². The zero-order valence-corrected chi connectivity index (χ0v) is 11.8. The maximum Gasteiger partial charge on any atom is 0.133 e. The second kappa shape index (κ2) is 4.38. The van der Waals surface area contributed by atoms with Gasteiger partial charge in [-0.15, -0.1) is 0 Å². The van der Waals surface area contributed by atoms with Crippen molar-refractivity contribution in [2.45, 2.75) is 32.4 Å². The quantitative estimate of drug-likeness (QED) is 0.783. The summed E-state index contributed by atoms with van der Waals surface area (Å²) in [4.78, 5) is 2.42. The van der Waals surface area contributed by atoms with Crippen molar-refractivity contribution in [2.24, 2.45) is 0 Å². The Morgan fingerprint density at radius 1 is 1.38 bits per heavy atom. The normalized spacial score (nSPS) is 25.3. The van der Waals surface area contributed by atoms with Crippen LogP contribution in [-0.2, 0) is 6.42 Å². The van der Waals surface area contributed by atoms with Crippen LogP contribution in [0.5, 0.6) is 5.75 Å². The van der Waals surface area contributed by atoms with Crippen molar-refractivity contribution in [3.05, 3.63) is 27.7 Å². The Balaban J connectivity index is 2.49. The molecule has 2 nitrogen and oxygen atoms in total. The molecule has 0 spiro atoms. The third-order valence-electron chi connectivity index (χ3n) is 3.69. The maximum absolute atomic E-state index is 5.35. The first-order valence-electron chi connectivity index (χ1n) is 5.62. The molecule has 1 heterocycles. The molecule has 2 rings (SSSR count). The Morgan fingerprint density at radius 3 is 2.69 bits per heavy atom. The zero-order chi connectivity index (χ0) is 11.9. The minimum absolute atomic E-state index is 0.473. The van der Waals surface area contributed by atoms with Gasteiger partial charge in [-0.3, -0.25) is 4.90 Å². The Labute approximate surface area is 106 Å². The largest absolute Gasteiger partial charge is 0.496 e. The highest BCUT2D eigenvalue weighted by Crippen LogP contribution is 2.37. The van der Waals surface area contributed by atoms with E-state index in [4.69, 9.17) is 4.74 Å². The molecule has 2 unspecified atom stereocenters. The van der Waals surface area contributed by atoms with E-state index in [1.165, 1.54) is 11.1 Å². The van der Waals surface area contributed by atoms with Crippen molar-refractivity contribution in [1.82, 2.24) is 4.90 Å². The van der Waals surface area contributed by atoms with Crippen LogP contribution in [-0.4, -0.2) is 25.1 Å². The number of methoxy groups -OCH3 is 1. The van der Waals surface area contributed by atoms with Crippen LogP contribution in [0.4, 0.5) is 0 Å². The lowest BCUT2D eigenvalue weighted by Gasteiger charge is -2.37. The Kier molecular flexibility index (Phi) is 3.27. The summed E-state index contributed by atoms with van der Waals surface area (Å²) in [5.74, 6) is 0.933. The highest BCUT2D eigenvalue weighted by molar-refractivity contribution is 9.10. The Hall–Kier alpha value is -0.540. The first kappa shape index (κ1) is 11.9. The molecule has 1 aromatic rings.